The molecule has 0 aromatic heterocycles. The molecule has 0 aliphatic rings. The van der Waals surface area contributed by atoms with Gasteiger partial charge in [-0.15, -0.1) is 0 Å². The molecular formula is C16H25NO5. The second-order valence-corrected chi connectivity index (χ2v) is 5.10. The Morgan fingerprint density at radius 1 is 0.909 bits per heavy atom. The van der Waals surface area contributed by atoms with E-state index in [4.69, 9.17) is 9.47 Å². The Kier molecular flexibility index (Phi) is 9.58. The average Bonchev–Trinajstić information content (AvgIpc) is 2.45. The van der Waals surface area contributed by atoms with Gasteiger partial charge in [-0.2, -0.15) is 0 Å². The normalized spacial score (nSPS) is 9.77. The third-order valence-electron chi connectivity index (χ3n) is 2.80. The molecule has 0 saturated carbocycles. The van der Waals surface area contributed by atoms with Gasteiger partial charge in [0.2, 0.25) is 5.91 Å². The lowest BCUT2D eigenvalue weighted by atomic mass is 10.2. The van der Waals surface area contributed by atoms with Gasteiger partial charge < -0.3 is 14.4 Å². The first-order valence-corrected chi connectivity index (χ1v) is 7.15. The van der Waals surface area contributed by atoms with Crippen LogP contribution in [0.25, 0.3) is 0 Å². The molecule has 0 bridgehead atoms. The van der Waals surface area contributed by atoms with Gasteiger partial charge in [0, 0.05) is 24.6 Å². The highest BCUT2D eigenvalue weighted by atomic mass is 16.5. The first-order valence-electron chi connectivity index (χ1n) is 7.15. The Hall–Kier alpha value is -2.11. The van der Waals surface area contributed by atoms with E-state index in [9.17, 15) is 14.4 Å². The second kappa shape index (κ2) is 10.6. The molecule has 0 heterocycles. The Morgan fingerprint density at radius 2 is 1.41 bits per heavy atom. The zero-order valence-corrected chi connectivity index (χ0v) is 13.6. The summed E-state index contributed by atoms with van der Waals surface area (Å²) in [6.07, 6.45) is 1.59. The van der Waals surface area contributed by atoms with Gasteiger partial charge in [0.15, 0.2) is 0 Å². The number of ether oxygens (including phenoxy) is 2. The number of amides is 1. The summed E-state index contributed by atoms with van der Waals surface area (Å²) in [5.41, 5.74) is 0.693. The summed E-state index contributed by atoms with van der Waals surface area (Å²) in [6, 6.07) is 0. The fraction of sp³-hybridized carbons (Fsp3) is 0.562. The maximum atomic E-state index is 11.8. The molecule has 0 saturated heterocycles. The molecule has 0 fully saturated rings. The maximum Gasteiger partial charge on any atom is 0.333 e. The number of nitrogens with zero attached hydrogens (tertiary/aromatic N) is 1. The monoisotopic (exact) mass is 311 g/mol. The van der Waals surface area contributed by atoms with E-state index in [1.54, 1.807) is 20.9 Å². The van der Waals surface area contributed by atoms with Gasteiger partial charge in [0.25, 0.3) is 0 Å². The van der Waals surface area contributed by atoms with Crippen molar-refractivity contribution in [3.63, 3.8) is 0 Å². The summed E-state index contributed by atoms with van der Waals surface area (Å²) in [6.45, 7) is 10.9. The lowest BCUT2D eigenvalue weighted by Gasteiger charge is -2.17. The lowest BCUT2D eigenvalue weighted by Crippen LogP contribution is -2.30. The molecule has 0 N–H and O–H groups in total. The Labute approximate surface area is 131 Å². The summed E-state index contributed by atoms with van der Waals surface area (Å²) in [4.78, 5) is 35.6. The fourth-order valence-electron chi connectivity index (χ4n) is 1.38. The largest absolute Gasteiger partial charge is 0.462 e. The van der Waals surface area contributed by atoms with E-state index < -0.39 is 11.9 Å². The van der Waals surface area contributed by atoms with Crippen LogP contribution in [0.1, 0.15) is 33.1 Å². The molecule has 124 valence electrons. The molecule has 6 heteroatoms. The minimum Gasteiger partial charge on any atom is -0.462 e. The Balaban J connectivity index is 3.74. The number of carbonyl (C=O) groups excluding carboxylic acids is 3. The van der Waals surface area contributed by atoms with Crippen LogP contribution in [0.2, 0.25) is 0 Å². The molecule has 0 rings (SSSR count). The number of esters is 2. The predicted octanol–water partition coefficient (Wildman–Crippen LogP) is 1.85. The van der Waals surface area contributed by atoms with Gasteiger partial charge in [-0.05, 0) is 26.7 Å². The molecule has 0 unspecified atom stereocenters. The minimum atomic E-state index is -0.458. The number of rotatable bonds is 10. The van der Waals surface area contributed by atoms with Crippen LogP contribution < -0.4 is 0 Å². The highest BCUT2D eigenvalue weighted by Crippen LogP contribution is 2.02. The van der Waals surface area contributed by atoms with Crippen molar-refractivity contribution in [1.82, 2.24) is 4.90 Å². The Morgan fingerprint density at radius 3 is 1.91 bits per heavy atom. The lowest BCUT2D eigenvalue weighted by molar-refractivity contribution is -0.141. The van der Waals surface area contributed by atoms with E-state index in [0.29, 0.717) is 37.0 Å². The quantitative estimate of drug-likeness (QED) is 0.350. The highest BCUT2D eigenvalue weighted by Gasteiger charge is 2.10. The maximum absolute atomic E-state index is 11.8. The molecule has 0 aliphatic heterocycles. The van der Waals surface area contributed by atoms with Gasteiger partial charge in [-0.25, -0.2) is 9.59 Å². The average molecular weight is 311 g/mol. The van der Waals surface area contributed by atoms with Crippen molar-refractivity contribution in [3.8, 4) is 0 Å². The summed E-state index contributed by atoms with van der Waals surface area (Å²) in [5.74, 6) is -0.916. The van der Waals surface area contributed by atoms with E-state index in [1.807, 2.05) is 0 Å². The first-order chi connectivity index (χ1) is 10.3. The first kappa shape index (κ1) is 19.9. The van der Waals surface area contributed by atoms with Crippen LogP contribution in [0, 0.1) is 0 Å². The zero-order chi connectivity index (χ0) is 17.1. The van der Waals surface area contributed by atoms with Gasteiger partial charge in [-0.1, -0.05) is 13.2 Å². The van der Waals surface area contributed by atoms with Crippen LogP contribution in [0.15, 0.2) is 24.3 Å². The van der Waals surface area contributed by atoms with Gasteiger partial charge in [-0.3, -0.25) is 4.79 Å². The van der Waals surface area contributed by atoms with Crippen LogP contribution in [0.4, 0.5) is 0 Å². The molecule has 0 radical (unpaired) electrons. The van der Waals surface area contributed by atoms with Crippen molar-refractivity contribution in [2.75, 3.05) is 26.8 Å². The van der Waals surface area contributed by atoms with Crippen LogP contribution >= 0.6 is 0 Å². The van der Waals surface area contributed by atoms with Crippen molar-refractivity contribution < 1.29 is 23.9 Å². The van der Waals surface area contributed by atoms with Gasteiger partial charge in [0.1, 0.15) is 6.61 Å². The van der Waals surface area contributed by atoms with E-state index >= 15 is 0 Å². The van der Waals surface area contributed by atoms with E-state index in [1.165, 1.54) is 4.90 Å². The van der Waals surface area contributed by atoms with Gasteiger partial charge in [0.05, 0.1) is 13.2 Å². The van der Waals surface area contributed by atoms with E-state index in [2.05, 4.69) is 13.2 Å². The molecule has 0 spiro atoms. The highest BCUT2D eigenvalue weighted by molar-refractivity contribution is 5.87. The second-order valence-electron chi connectivity index (χ2n) is 5.10. The molecule has 22 heavy (non-hydrogen) atoms. The molecule has 0 aromatic carbocycles. The number of hydrogen-bond acceptors (Lipinski definition) is 5. The van der Waals surface area contributed by atoms with Crippen LogP contribution in [0.5, 0.6) is 0 Å². The summed E-state index contributed by atoms with van der Waals surface area (Å²) < 4.78 is 9.85. The molecule has 6 nitrogen and oxygen atoms in total. The third-order valence-corrected chi connectivity index (χ3v) is 2.80. The summed E-state index contributed by atoms with van der Waals surface area (Å²) in [7, 11) is 1.65. The molecular weight excluding hydrogens is 286 g/mol. The van der Waals surface area contributed by atoms with E-state index in [0.717, 1.165) is 0 Å². The topological polar surface area (TPSA) is 72.9 Å². The SMILES string of the molecule is C=C(C)C(=O)OCCCCC(=O)N(C)CCOC(=O)C(=C)C. The predicted molar refractivity (Wildman–Crippen MR) is 83.0 cm³/mol. The van der Waals surface area contributed by atoms with Crippen molar-refractivity contribution in [2.45, 2.75) is 33.1 Å². The van der Waals surface area contributed by atoms with Crippen molar-refractivity contribution >= 4 is 17.8 Å². The smallest absolute Gasteiger partial charge is 0.333 e. The van der Waals surface area contributed by atoms with Crippen LogP contribution in [-0.2, 0) is 23.9 Å². The van der Waals surface area contributed by atoms with Gasteiger partial charge >= 0.3 is 11.9 Å². The molecule has 0 atom stereocenters. The zero-order valence-electron chi connectivity index (χ0n) is 13.6. The number of hydrogen-bond donors (Lipinski definition) is 0. The van der Waals surface area contributed by atoms with Crippen molar-refractivity contribution in [3.05, 3.63) is 24.3 Å². The standard InChI is InChI=1S/C16H25NO5/c1-12(2)15(19)21-10-7-6-8-14(18)17(5)9-11-22-16(20)13(3)4/h1,3,6-11H2,2,4-5H3. The molecule has 1 amide bonds. The number of carbonyl (C=O) groups is 3. The minimum absolute atomic E-state index is 0.0439. The number of likely N-dealkylation sites (N-methyl/N-ethyl adjacent to an activating group) is 1. The van der Waals surface area contributed by atoms with Crippen LogP contribution in [-0.4, -0.2) is 49.6 Å². The summed E-state index contributed by atoms with van der Waals surface area (Å²) >= 11 is 0. The summed E-state index contributed by atoms with van der Waals surface area (Å²) in [5, 5.41) is 0. The molecule has 0 aliphatic carbocycles. The molecule has 0 aromatic rings. The Bertz CT molecular complexity index is 442. The number of unbranched alkanes of at least 4 members (excludes halogenated alkanes) is 1. The van der Waals surface area contributed by atoms with Crippen LogP contribution in [0.3, 0.4) is 0 Å². The van der Waals surface area contributed by atoms with Crippen molar-refractivity contribution in [2.24, 2.45) is 0 Å². The fourth-order valence-corrected chi connectivity index (χ4v) is 1.38. The van der Waals surface area contributed by atoms with E-state index in [-0.39, 0.29) is 19.1 Å². The third kappa shape index (κ3) is 8.94. The van der Waals surface area contributed by atoms with Crippen molar-refractivity contribution in [1.29, 1.82) is 0 Å².